The Morgan fingerprint density at radius 2 is 2.25 bits per heavy atom. The van der Waals surface area contributed by atoms with E-state index in [1.165, 1.54) is 0 Å². The minimum Gasteiger partial charge on any atom is -0.331 e. The van der Waals surface area contributed by atoms with Crippen molar-refractivity contribution in [1.29, 1.82) is 0 Å². The molecule has 6 heteroatoms. The maximum Gasteiger partial charge on any atom is 0.333 e. The molecule has 1 heterocycles. The van der Waals surface area contributed by atoms with Gasteiger partial charge in [0.1, 0.15) is 5.82 Å². The summed E-state index contributed by atoms with van der Waals surface area (Å²) in [5, 5.41) is 2.59. The van der Waals surface area contributed by atoms with E-state index in [2.05, 4.69) is 10.3 Å². The summed E-state index contributed by atoms with van der Waals surface area (Å²) in [6.07, 6.45) is 0. The molecule has 0 aliphatic heterocycles. The molecule has 0 radical (unpaired) electrons. The average Bonchev–Trinajstić information content (AvgIpc) is 2.54. The summed E-state index contributed by atoms with van der Waals surface area (Å²) in [7, 11) is 1.95. The maximum absolute atomic E-state index is 11.0. The SMILES string of the molecule is Cc1nc2cc(NC(=O)NN)ccc2n1C. The first kappa shape index (κ1) is 10.4. The highest BCUT2D eigenvalue weighted by molar-refractivity contribution is 5.91. The number of urea groups is 1. The van der Waals surface area contributed by atoms with E-state index in [4.69, 9.17) is 5.84 Å². The standard InChI is InChI=1S/C10H13N5O/c1-6-12-8-5-7(13-10(16)14-11)3-4-9(8)15(6)2/h3-5H,11H2,1-2H3,(H2,13,14,16). The van der Waals surface area contributed by atoms with Crippen LogP contribution in [-0.2, 0) is 7.05 Å². The lowest BCUT2D eigenvalue weighted by atomic mass is 10.3. The number of nitrogens with zero attached hydrogens (tertiary/aromatic N) is 2. The molecule has 4 N–H and O–H groups in total. The van der Waals surface area contributed by atoms with Crippen molar-refractivity contribution >= 4 is 22.8 Å². The number of nitrogens with one attached hydrogen (secondary N) is 2. The third-order valence-electron chi connectivity index (χ3n) is 2.49. The van der Waals surface area contributed by atoms with E-state index in [-0.39, 0.29) is 0 Å². The predicted molar refractivity (Wildman–Crippen MR) is 61.8 cm³/mol. The summed E-state index contributed by atoms with van der Waals surface area (Å²) in [4.78, 5) is 15.4. The number of amides is 2. The van der Waals surface area contributed by atoms with Crippen molar-refractivity contribution in [2.45, 2.75) is 6.92 Å². The summed E-state index contributed by atoms with van der Waals surface area (Å²) >= 11 is 0. The summed E-state index contributed by atoms with van der Waals surface area (Å²) in [5.74, 6) is 5.91. The number of fused-ring (bicyclic) bond motifs is 1. The number of aromatic nitrogens is 2. The number of carbonyl (C=O) groups is 1. The van der Waals surface area contributed by atoms with E-state index >= 15 is 0 Å². The fraction of sp³-hybridized carbons (Fsp3) is 0.200. The molecule has 2 amide bonds. The number of carbonyl (C=O) groups excluding carboxylic acids is 1. The molecule has 2 aromatic rings. The third-order valence-corrected chi connectivity index (χ3v) is 2.49. The Hall–Kier alpha value is -2.08. The van der Waals surface area contributed by atoms with Gasteiger partial charge in [-0.1, -0.05) is 0 Å². The van der Waals surface area contributed by atoms with Crippen LogP contribution >= 0.6 is 0 Å². The van der Waals surface area contributed by atoms with Crippen LogP contribution in [0.5, 0.6) is 0 Å². The summed E-state index contributed by atoms with van der Waals surface area (Å²) in [6.45, 7) is 1.93. The van der Waals surface area contributed by atoms with E-state index in [0.717, 1.165) is 16.9 Å². The lowest BCUT2D eigenvalue weighted by Gasteiger charge is -2.03. The van der Waals surface area contributed by atoms with Gasteiger partial charge in [0.25, 0.3) is 0 Å². The number of benzene rings is 1. The average molecular weight is 219 g/mol. The lowest BCUT2D eigenvalue weighted by molar-refractivity contribution is 0.252. The highest BCUT2D eigenvalue weighted by Gasteiger charge is 2.05. The van der Waals surface area contributed by atoms with E-state index < -0.39 is 6.03 Å². The van der Waals surface area contributed by atoms with Crippen LogP contribution in [0, 0.1) is 6.92 Å². The molecule has 16 heavy (non-hydrogen) atoms. The van der Waals surface area contributed by atoms with Crippen LogP contribution in [-0.4, -0.2) is 15.6 Å². The van der Waals surface area contributed by atoms with Crippen molar-refractivity contribution in [2.24, 2.45) is 12.9 Å². The van der Waals surface area contributed by atoms with Crippen molar-refractivity contribution in [3.05, 3.63) is 24.0 Å². The number of hydrogen-bond acceptors (Lipinski definition) is 3. The van der Waals surface area contributed by atoms with Gasteiger partial charge in [-0.15, -0.1) is 0 Å². The van der Waals surface area contributed by atoms with Gasteiger partial charge in [-0.2, -0.15) is 0 Å². The number of hydrogen-bond donors (Lipinski definition) is 3. The predicted octanol–water partition coefficient (Wildman–Crippen LogP) is 0.877. The number of aryl methyl sites for hydroxylation is 2. The molecule has 0 aliphatic rings. The fourth-order valence-electron chi connectivity index (χ4n) is 1.57. The Labute approximate surface area is 92.4 Å². The first-order chi connectivity index (χ1) is 7.61. The number of anilines is 1. The number of imidazole rings is 1. The smallest absolute Gasteiger partial charge is 0.331 e. The molecule has 1 aromatic carbocycles. The minimum atomic E-state index is -0.452. The quantitative estimate of drug-likeness (QED) is 0.378. The summed E-state index contributed by atoms with van der Waals surface area (Å²) < 4.78 is 1.99. The molecule has 6 nitrogen and oxygen atoms in total. The molecule has 0 bridgehead atoms. The summed E-state index contributed by atoms with van der Waals surface area (Å²) in [5.41, 5.74) is 4.53. The third kappa shape index (κ3) is 1.70. The lowest BCUT2D eigenvalue weighted by Crippen LogP contribution is -2.34. The van der Waals surface area contributed by atoms with Gasteiger partial charge in [-0.3, -0.25) is 5.43 Å². The van der Waals surface area contributed by atoms with E-state index in [9.17, 15) is 4.79 Å². The van der Waals surface area contributed by atoms with Crippen LogP contribution in [0.4, 0.5) is 10.5 Å². The minimum absolute atomic E-state index is 0.452. The van der Waals surface area contributed by atoms with Crippen LogP contribution in [0.25, 0.3) is 11.0 Å². The Morgan fingerprint density at radius 1 is 1.50 bits per heavy atom. The van der Waals surface area contributed by atoms with Gasteiger partial charge in [0.05, 0.1) is 11.0 Å². The fourth-order valence-corrected chi connectivity index (χ4v) is 1.57. The molecule has 84 valence electrons. The Morgan fingerprint density at radius 3 is 2.94 bits per heavy atom. The second-order valence-corrected chi connectivity index (χ2v) is 3.52. The Bertz CT molecular complexity index is 545. The highest BCUT2D eigenvalue weighted by Crippen LogP contribution is 2.19. The molecule has 0 spiro atoms. The zero-order chi connectivity index (χ0) is 11.7. The van der Waals surface area contributed by atoms with Crippen LogP contribution in [0.1, 0.15) is 5.82 Å². The second kappa shape index (κ2) is 3.82. The molecular weight excluding hydrogens is 206 g/mol. The van der Waals surface area contributed by atoms with Crippen molar-refractivity contribution in [3.63, 3.8) is 0 Å². The maximum atomic E-state index is 11.0. The topological polar surface area (TPSA) is 85.0 Å². The molecular formula is C10H13N5O. The van der Waals surface area contributed by atoms with Crippen LogP contribution < -0.4 is 16.6 Å². The molecule has 0 atom stereocenters. The number of hydrazine groups is 1. The van der Waals surface area contributed by atoms with Gasteiger partial charge in [-0.25, -0.2) is 15.6 Å². The van der Waals surface area contributed by atoms with Crippen molar-refractivity contribution in [2.75, 3.05) is 5.32 Å². The van der Waals surface area contributed by atoms with E-state index in [1.807, 2.05) is 30.0 Å². The van der Waals surface area contributed by atoms with Crippen molar-refractivity contribution in [3.8, 4) is 0 Å². The monoisotopic (exact) mass is 219 g/mol. The zero-order valence-corrected chi connectivity index (χ0v) is 9.11. The molecule has 0 saturated heterocycles. The first-order valence-corrected chi connectivity index (χ1v) is 4.82. The van der Waals surface area contributed by atoms with E-state index in [0.29, 0.717) is 5.69 Å². The number of nitrogens with two attached hydrogens (primary N) is 1. The van der Waals surface area contributed by atoms with Gasteiger partial charge < -0.3 is 9.88 Å². The second-order valence-electron chi connectivity index (χ2n) is 3.52. The normalized spacial score (nSPS) is 10.4. The molecule has 0 aliphatic carbocycles. The van der Waals surface area contributed by atoms with Crippen LogP contribution in [0.3, 0.4) is 0 Å². The molecule has 0 fully saturated rings. The first-order valence-electron chi connectivity index (χ1n) is 4.82. The van der Waals surface area contributed by atoms with Gasteiger partial charge in [0, 0.05) is 12.7 Å². The van der Waals surface area contributed by atoms with Crippen LogP contribution in [0.15, 0.2) is 18.2 Å². The molecule has 2 rings (SSSR count). The van der Waals surface area contributed by atoms with Gasteiger partial charge in [0.15, 0.2) is 0 Å². The Kier molecular flexibility index (Phi) is 2.49. The molecule has 0 unspecified atom stereocenters. The van der Waals surface area contributed by atoms with Crippen molar-refractivity contribution in [1.82, 2.24) is 15.0 Å². The zero-order valence-electron chi connectivity index (χ0n) is 9.11. The summed E-state index contributed by atoms with van der Waals surface area (Å²) in [6, 6.07) is 5.06. The van der Waals surface area contributed by atoms with Crippen molar-refractivity contribution < 1.29 is 4.79 Å². The Balaban J connectivity index is 2.41. The number of rotatable bonds is 1. The molecule has 1 aromatic heterocycles. The van der Waals surface area contributed by atoms with Gasteiger partial charge in [0.2, 0.25) is 0 Å². The molecule has 0 saturated carbocycles. The van der Waals surface area contributed by atoms with Gasteiger partial charge >= 0.3 is 6.03 Å². The van der Waals surface area contributed by atoms with E-state index in [1.54, 1.807) is 12.1 Å². The van der Waals surface area contributed by atoms with Crippen LogP contribution in [0.2, 0.25) is 0 Å². The van der Waals surface area contributed by atoms with Gasteiger partial charge in [-0.05, 0) is 25.1 Å². The largest absolute Gasteiger partial charge is 0.333 e. The highest BCUT2D eigenvalue weighted by atomic mass is 16.2.